The van der Waals surface area contributed by atoms with Crippen LogP contribution in [0.4, 0.5) is 0 Å². The molecular weight excluding hydrogens is 246 g/mol. The minimum absolute atomic E-state index is 0.0415. The molecule has 0 saturated carbocycles. The smallest absolute Gasteiger partial charge is 0.132 e. The van der Waals surface area contributed by atoms with Crippen molar-refractivity contribution in [3.05, 3.63) is 59.7 Å². The van der Waals surface area contributed by atoms with E-state index in [9.17, 15) is 0 Å². The van der Waals surface area contributed by atoms with Crippen LogP contribution in [0.15, 0.2) is 48.5 Å². The fourth-order valence-corrected chi connectivity index (χ4v) is 2.24. The average molecular weight is 269 g/mol. The number of rotatable bonds is 3. The van der Waals surface area contributed by atoms with Crippen LogP contribution in [0.3, 0.4) is 0 Å². The molecule has 1 atom stereocenters. The lowest BCUT2D eigenvalue weighted by molar-refractivity contribution is 0.447. The van der Waals surface area contributed by atoms with Crippen LogP contribution in [-0.4, -0.2) is 0 Å². The summed E-state index contributed by atoms with van der Waals surface area (Å²) < 4.78 is 6.15. The Kier molecular flexibility index (Phi) is 4.15. The van der Waals surface area contributed by atoms with E-state index >= 15 is 0 Å². The maximum absolute atomic E-state index is 6.15. The Morgan fingerprint density at radius 1 is 0.900 bits per heavy atom. The third-order valence-electron chi connectivity index (χ3n) is 3.32. The summed E-state index contributed by atoms with van der Waals surface area (Å²) in [5.41, 5.74) is 8.27. The number of benzene rings is 2. The van der Waals surface area contributed by atoms with E-state index in [-0.39, 0.29) is 11.5 Å². The first-order chi connectivity index (χ1) is 9.39. The van der Waals surface area contributed by atoms with Crippen molar-refractivity contribution >= 4 is 0 Å². The maximum atomic E-state index is 6.15. The first-order valence-electron chi connectivity index (χ1n) is 7.01. The van der Waals surface area contributed by atoms with Gasteiger partial charge in [0.15, 0.2) is 0 Å². The van der Waals surface area contributed by atoms with Crippen LogP contribution in [0.2, 0.25) is 0 Å². The summed E-state index contributed by atoms with van der Waals surface area (Å²) in [6.45, 7) is 8.53. The van der Waals surface area contributed by atoms with Gasteiger partial charge in [-0.15, -0.1) is 0 Å². The van der Waals surface area contributed by atoms with E-state index in [0.717, 1.165) is 17.1 Å². The van der Waals surface area contributed by atoms with E-state index in [0.29, 0.717) is 0 Å². The number of hydrogen-bond donors (Lipinski definition) is 1. The Morgan fingerprint density at radius 2 is 1.45 bits per heavy atom. The number of para-hydroxylation sites is 2. The molecule has 0 aliphatic rings. The Balaban J connectivity index is 2.41. The summed E-state index contributed by atoms with van der Waals surface area (Å²) in [6.07, 6.45) is 0. The SMILES string of the molecule is C[C@@H](N)c1ccccc1Oc1ccccc1C(C)(C)C. The van der Waals surface area contributed by atoms with Gasteiger partial charge in [0.25, 0.3) is 0 Å². The lowest BCUT2D eigenvalue weighted by Gasteiger charge is -2.23. The van der Waals surface area contributed by atoms with Gasteiger partial charge in [-0.05, 0) is 24.5 Å². The van der Waals surface area contributed by atoms with Gasteiger partial charge < -0.3 is 10.5 Å². The second kappa shape index (κ2) is 5.68. The third-order valence-corrected chi connectivity index (χ3v) is 3.32. The Bertz CT molecular complexity index is 582. The van der Waals surface area contributed by atoms with E-state index in [1.54, 1.807) is 0 Å². The molecule has 106 valence electrons. The van der Waals surface area contributed by atoms with Gasteiger partial charge in [0.2, 0.25) is 0 Å². The second-order valence-corrected chi connectivity index (χ2v) is 6.17. The van der Waals surface area contributed by atoms with Gasteiger partial charge in [0.1, 0.15) is 11.5 Å². The van der Waals surface area contributed by atoms with E-state index in [1.165, 1.54) is 5.56 Å². The molecule has 20 heavy (non-hydrogen) atoms. The molecule has 0 aliphatic carbocycles. The summed E-state index contributed by atoms with van der Waals surface area (Å²) in [5, 5.41) is 0. The highest BCUT2D eigenvalue weighted by Crippen LogP contribution is 2.35. The third kappa shape index (κ3) is 3.20. The molecule has 0 spiro atoms. The van der Waals surface area contributed by atoms with Crippen LogP contribution in [0.25, 0.3) is 0 Å². The minimum atomic E-state index is -0.0481. The summed E-state index contributed by atoms with van der Waals surface area (Å²) in [5.74, 6) is 1.73. The molecule has 0 saturated heterocycles. The number of hydrogen-bond acceptors (Lipinski definition) is 2. The molecule has 0 aliphatic heterocycles. The van der Waals surface area contributed by atoms with Crippen molar-refractivity contribution < 1.29 is 4.74 Å². The molecule has 0 fully saturated rings. The van der Waals surface area contributed by atoms with E-state index < -0.39 is 0 Å². The lowest BCUT2D eigenvalue weighted by Crippen LogP contribution is -2.13. The molecule has 0 aromatic heterocycles. The zero-order valence-corrected chi connectivity index (χ0v) is 12.7. The van der Waals surface area contributed by atoms with Gasteiger partial charge in [-0.3, -0.25) is 0 Å². The number of ether oxygens (including phenoxy) is 1. The van der Waals surface area contributed by atoms with Crippen LogP contribution in [0.5, 0.6) is 11.5 Å². The van der Waals surface area contributed by atoms with Gasteiger partial charge in [-0.2, -0.15) is 0 Å². The monoisotopic (exact) mass is 269 g/mol. The zero-order valence-electron chi connectivity index (χ0n) is 12.7. The summed E-state index contributed by atoms with van der Waals surface area (Å²) >= 11 is 0. The molecule has 0 heterocycles. The van der Waals surface area contributed by atoms with Crippen LogP contribution in [0, 0.1) is 0 Å². The molecule has 0 bridgehead atoms. The zero-order chi connectivity index (χ0) is 14.8. The Hall–Kier alpha value is -1.80. The summed E-state index contributed by atoms with van der Waals surface area (Å²) in [6, 6.07) is 16.1. The van der Waals surface area contributed by atoms with Crippen molar-refractivity contribution in [2.45, 2.75) is 39.2 Å². The lowest BCUT2D eigenvalue weighted by atomic mass is 9.86. The first-order valence-corrected chi connectivity index (χ1v) is 7.01. The first kappa shape index (κ1) is 14.6. The Labute approximate surface area is 121 Å². The van der Waals surface area contributed by atoms with Crippen molar-refractivity contribution in [3.8, 4) is 11.5 Å². The second-order valence-electron chi connectivity index (χ2n) is 6.17. The molecule has 0 amide bonds. The quantitative estimate of drug-likeness (QED) is 0.869. The fourth-order valence-electron chi connectivity index (χ4n) is 2.24. The van der Waals surface area contributed by atoms with Crippen molar-refractivity contribution in [3.63, 3.8) is 0 Å². The highest BCUT2D eigenvalue weighted by atomic mass is 16.5. The molecule has 2 heteroatoms. The molecule has 0 unspecified atom stereocenters. The molecular formula is C18H23NO. The molecule has 2 N–H and O–H groups in total. The molecule has 2 aromatic carbocycles. The molecule has 2 nitrogen and oxygen atoms in total. The van der Waals surface area contributed by atoms with Crippen LogP contribution in [-0.2, 0) is 5.41 Å². The van der Waals surface area contributed by atoms with Crippen molar-refractivity contribution in [1.29, 1.82) is 0 Å². The van der Waals surface area contributed by atoms with E-state index in [4.69, 9.17) is 10.5 Å². The van der Waals surface area contributed by atoms with Gasteiger partial charge in [-0.1, -0.05) is 57.2 Å². The topological polar surface area (TPSA) is 35.2 Å². The summed E-state index contributed by atoms with van der Waals surface area (Å²) in [7, 11) is 0. The van der Waals surface area contributed by atoms with E-state index in [1.807, 2.05) is 49.4 Å². The van der Waals surface area contributed by atoms with Gasteiger partial charge >= 0.3 is 0 Å². The molecule has 0 radical (unpaired) electrons. The van der Waals surface area contributed by atoms with E-state index in [2.05, 4.69) is 26.8 Å². The normalized spacial score (nSPS) is 13.1. The predicted molar refractivity (Wildman–Crippen MR) is 84.3 cm³/mol. The van der Waals surface area contributed by atoms with Gasteiger partial charge in [0, 0.05) is 17.2 Å². The Morgan fingerprint density at radius 3 is 2.05 bits per heavy atom. The van der Waals surface area contributed by atoms with Crippen LogP contribution >= 0.6 is 0 Å². The van der Waals surface area contributed by atoms with Crippen LogP contribution < -0.4 is 10.5 Å². The number of nitrogens with two attached hydrogens (primary N) is 1. The van der Waals surface area contributed by atoms with Crippen molar-refractivity contribution in [2.24, 2.45) is 5.73 Å². The fraction of sp³-hybridized carbons (Fsp3) is 0.333. The largest absolute Gasteiger partial charge is 0.457 e. The minimum Gasteiger partial charge on any atom is -0.457 e. The predicted octanol–water partition coefficient (Wildman–Crippen LogP) is 4.80. The average Bonchev–Trinajstić information content (AvgIpc) is 2.38. The van der Waals surface area contributed by atoms with Gasteiger partial charge in [-0.25, -0.2) is 0 Å². The highest BCUT2D eigenvalue weighted by Gasteiger charge is 2.19. The molecule has 2 rings (SSSR count). The van der Waals surface area contributed by atoms with Crippen LogP contribution in [0.1, 0.15) is 44.9 Å². The van der Waals surface area contributed by atoms with Crippen molar-refractivity contribution in [2.75, 3.05) is 0 Å². The highest BCUT2D eigenvalue weighted by molar-refractivity contribution is 5.44. The molecule has 2 aromatic rings. The van der Waals surface area contributed by atoms with Gasteiger partial charge in [0.05, 0.1) is 0 Å². The summed E-state index contributed by atoms with van der Waals surface area (Å²) in [4.78, 5) is 0. The maximum Gasteiger partial charge on any atom is 0.132 e. The standard InChI is InChI=1S/C18H23NO/c1-13(19)14-9-5-7-11-16(14)20-17-12-8-6-10-15(17)18(2,3)4/h5-13H,19H2,1-4H3/t13-/m1/s1. The van der Waals surface area contributed by atoms with Crippen molar-refractivity contribution in [1.82, 2.24) is 0 Å².